The van der Waals surface area contributed by atoms with Gasteiger partial charge in [0, 0.05) is 17.4 Å². The van der Waals surface area contributed by atoms with Crippen molar-refractivity contribution in [1.29, 1.82) is 0 Å². The van der Waals surface area contributed by atoms with E-state index in [1.54, 1.807) is 24.4 Å². The molecule has 1 amide bonds. The number of amides is 1. The van der Waals surface area contributed by atoms with E-state index >= 15 is 0 Å². The number of carbonyl (C=O) groups is 1. The van der Waals surface area contributed by atoms with Crippen molar-refractivity contribution in [3.05, 3.63) is 65.0 Å². The van der Waals surface area contributed by atoms with Crippen LogP contribution in [0.5, 0.6) is 0 Å². The number of halogens is 1. The van der Waals surface area contributed by atoms with Crippen molar-refractivity contribution in [1.82, 2.24) is 15.2 Å². The second kappa shape index (κ2) is 5.88. The van der Waals surface area contributed by atoms with Gasteiger partial charge in [-0.1, -0.05) is 18.2 Å². The molecule has 2 heterocycles. The van der Waals surface area contributed by atoms with Gasteiger partial charge in [0.15, 0.2) is 0 Å². The Kier molecular flexibility index (Phi) is 3.79. The minimum atomic E-state index is -0.252. The predicted molar refractivity (Wildman–Crippen MR) is 83.9 cm³/mol. The molecule has 0 aliphatic rings. The molecule has 0 atom stereocenters. The lowest BCUT2D eigenvalue weighted by atomic mass is 10.1. The molecule has 104 valence electrons. The molecule has 0 saturated heterocycles. The molecular formula is C15H11BrN4O. The van der Waals surface area contributed by atoms with Gasteiger partial charge in [-0.25, -0.2) is 4.98 Å². The molecule has 0 aliphatic heterocycles. The molecule has 0 bridgehead atoms. The van der Waals surface area contributed by atoms with Crippen molar-refractivity contribution in [2.24, 2.45) is 0 Å². The zero-order valence-electron chi connectivity index (χ0n) is 10.9. The first-order chi connectivity index (χ1) is 10.2. The Morgan fingerprint density at radius 2 is 2.00 bits per heavy atom. The first-order valence-electron chi connectivity index (χ1n) is 6.26. The van der Waals surface area contributed by atoms with E-state index in [-0.39, 0.29) is 5.91 Å². The largest absolute Gasteiger partial charge is 0.321 e. The second-order valence-electron chi connectivity index (χ2n) is 4.35. The van der Waals surface area contributed by atoms with Crippen LogP contribution in [0.15, 0.2) is 59.3 Å². The van der Waals surface area contributed by atoms with Crippen LogP contribution in [0.4, 0.5) is 5.69 Å². The van der Waals surface area contributed by atoms with Crippen LogP contribution in [0.3, 0.4) is 0 Å². The van der Waals surface area contributed by atoms with E-state index in [1.165, 1.54) is 0 Å². The Morgan fingerprint density at radius 3 is 2.76 bits per heavy atom. The van der Waals surface area contributed by atoms with Gasteiger partial charge in [0.25, 0.3) is 5.91 Å². The Balaban J connectivity index is 1.82. The van der Waals surface area contributed by atoms with Gasteiger partial charge in [-0.05, 0) is 46.3 Å². The predicted octanol–water partition coefficient (Wildman–Crippen LogP) is 3.49. The van der Waals surface area contributed by atoms with Crippen molar-refractivity contribution in [3.8, 4) is 11.3 Å². The highest BCUT2D eigenvalue weighted by molar-refractivity contribution is 9.10. The van der Waals surface area contributed by atoms with Crippen LogP contribution in [0, 0.1) is 0 Å². The van der Waals surface area contributed by atoms with Crippen molar-refractivity contribution in [2.75, 3.05) is 5.32 Å². The van der Waals surface area contributed by atoms with Crippen LogP contribution in [0.1, 0.15) is 10.5 Å². The number of rotatable bonds is 3. The lowest BCUT2D eigenvalue weighted by Gasteiger charge is -2.06. The highest BCUT2D eigenvalue weighted by Gasteiger charge is 2.08. The average molecular weight is 343 g/mol. The van der Waals surface area contributed by atoms with Crippen LogP contribution >= 0.6 is 15.9 Å². The van der Waals surface area contributed by atoms with Crippen molar-refractivity contribution < 1.29 is 4.79 Å². The number of hydrogen-bond acceptors (Lipinski definition) is 3. The fourth-order valence-electron chi connectivity index (χ4n) is 1.91. The zero-order chi connectivity index (χ0) is 14.7. The van der Waals surface area contributed by atoms with Gasteiger partial charge in [-0.3, -0.25) is 9.89 Å². The molecule has 6 heteroatoms. The first-order valence-corrected chi connectivity index (χ1v) is 7.05. The topological polar surface area (TPSA) is 70.7 Å². The van der Waals surface area contributed by atoms with E-state index in [9.17, 15) is 4.79 Å². The van der Waals surface area contributed by atoms with Crippen LogP contribution in [-0.2, 0) is 0 Å². The Hall–Kier alpha value is -2.47. The van der Waals surface area contributed by atoms with E-state index in [0.29, 0.717) is 16.0 Å². The van der Waals surface area contributed by atoms with Crippen molar-refractivity contribution in [2.45, 2.75) is 0 Å². The SMILES string of the molecule is O=C(Nc1cccc(-c2ccn[nH]2)c1)c1cccc(Br)n1. The summed E-state index contributed by atoms with van der Waals surface area (Å²) in [5, 5.41) is 9.64. The normalized spacial score (nSPS) is 10.3. The number of aromatic amines is 1. The summed E-state index contributed by atoms with van der Waals surface area (Å²) >= 11 is 3.25. The fourth-order valence-corrected chi connectivity index (χ4v) is 2.25. The number of nitrogens with zero attached hydrogens (tertiary/aromatic N) is 2. The highest BCUT2D eigenvalue weighted by atomic mass is 79.9. The summed E-state index contributed by atoms with van der Waals surface area (Å²) < 4.78 is 0.626. The Bertz CT molecular complexity index is 771. The molecule has 2 N–H and O–H groups in total. The number of nitrogens with one attached hydrogen (secondary N) is 2. The Labute approximate surface area is 129 Å². The van der Waals surface area contributed by atoms with Crippen LogP contribution in [0.25, 0.3) is 11.3 Å². The average Bonchev–Trinajstić information content (AvgIpc) is 3.02. The number of anilines is 1. The van der Waals surface area contributed by atoms with Gasteiger partial charge >= 0.3 is 0 Å². The zero-order valence-corrected chi connectivity index (χ0v) is 12.5. The molecule has 3 aromatic rings. The molecule has 0 fully saturated rings. The van der Waals surface area contributed by atoms with Gasteiger partial charge in [-0.2, -0.15) is 5.10 Å². The molecule has 3 rings (SSSR count). The summed E-state index contributed by atoms with van der Waals surface area (Å²) in [4.78, 5) is 16.3. The van der Waals surface area contributed by atoms with E-state index in [1.807, 2.05) is 30.3 Å². The lowest BCUT2D eigenvalue weighted by molar-refractivity contribution is 0.102. The molecule has 2 aromatic heterocycles. The van der Waals surface area contributed by atoms with E-state index in [0.717, 1.165) is 11.3 Å². The summed E-state index contributed by atoms with van der Waals surface area (Å²) in [7, 11) is 0. The van der Waals surface area contributed by atoms with Crippen molar-refractivity contribution >= 4 is 27.5 Å². The molecule has 0 aliphatic carbocycles. The molecule has 5 nitrogen and oxygen atoms in total. The van der Waals surface area contributed by atoms with Gasteiger partial charge in [0.2, 0.25) is 0 Å². The van der Waals surface area contributed by atoms with Gasteiger partial charge in [-0.15, -0.1) is 0 Å². The summed E-state index contributed by atoms with van der Waals surface area (Å²) in [5.74, 6) is -0.252. The third kappa shape index (κ3) is 3.17. The maximum absolute atomic E-state index is 12.1. The molecule has 21 heavy (non-hydrogen) atoms. The standard InChI is InChI=1S/C15H11BrN4O/c16-14-6-2-5-13(19-14)15(21)18-11-4-1-3-10(9-11)12-7-8-17-20-12/h1-9H,(H,17,20)(H,18,21). The van der Waals surface area contributed by atoms with Crippen molar-refractivity contribution in [3.63, 3.8) is 0 Å². The molecule has 0 radical (unpaired) electrons. The number of carbonyl (C=O) groups excluding carboxylic acids is 1. The van der Waals surface area contributed by atoms with Gasteiger partial charge in [0.1, 0.15) is 10.3 Å². The fraction of sp³-hybridized carbons (Fsp3) is 0. The number of benzene rings is 1. The molecular weight excluding hydrogens is 332 g/mol. The summed E-state index contributed by atoms with van der Waals surface area (Å²) in [5.41, 5.74) is 2.91. The summed E-state index contributed by atoms with van der Waals surface area (Å²) in [6.45, 7) is 0. The minimum absolute atomic E-state index is 0.252. The van der Waals surface area contributed by atoms with Crippen LogP contribution < -0.4 is 5.32 Å². The van der Waals surface area contributed by atoms with E-state index < -0.39 is 0 Å². The number of aromatic nitrogens is 3. The number of pyridine rings is 1. The van der Waals surface area contributed by atoms with E-state index in [2.05, 4.69) is 36.4 Å². The number of hydrogen-bond donors (Lipinski definition) is 2. The minimum Gasteiger partial charge on any atom is -0.321 e. The highest BCUT2D eigenvalue weighted by Crippen LogP contribution is 2.20. The lowest BCUT2D eigenvalue weighted by Crippen LogP contribution is -2.13. The number of H-pyrrole nitrogens is 1. The molecule has 0 spiro atoms. The molecule has 0 saturated carbocycles. The van der Waals surface area contributed by atoms with Crippen LogP contribution in [0.2, 0.25) is 0 Å². The maximum Gasteiger partial charge on any atom is 0.274 e. The second-order valence-corrected chi connectivity index (χ2v) is 5.16. The third-order valence-corrected chi connectivity index (χ3v) is 3.32. The van der Waals surface area contributed by atoms with Crippen LogP contribution in [-0.4, -0.2) is 21.1 Å². The summed E-state index contributed by atoms with van der Waals surface area (Å²) in [6.07, 6.45) is 1.69. The van der Waals surface area contributed by atoms with E-state index in [4.69, 9.17) is 0 Å². The quantitative estimate of drug-likeness (QED) is 0.715. The van der Waals surface area contributed by atoms with Gasteiger partial charge < -0.3 is 5.32 Å². The smallest absolute Gasteiger partial charge is 0.274 e. The monoisotopic (exact) mass is 342 g/mol. The molecule has 1 aromatic carbocycles. The maximum atomic E-state index is 12.1. The first kappa shape index (κ1) is 13.5. The molecule has 0 unspecified atom stereocenters. The van der Waals surface area contributed by atoms with Gasteiger partial charge in [0.05, 0.1) is 5.69 Å². The summed E-state index contributed by atoms with van der Waals surface area (Å²) in [6, 6.07) is 14.6. The third-order valence-electron chi connectivity index (χ3n) is 2.88. The Morgan fingerprint density at radius 1 is 1.14 bits per heavy atom.